The zero-order valence-corrected chi connectivity index (χ0v) is 12.2. The molecule has 0 aliphatic heterocycles. The van der Waals surface area contributed by atoms with Gasteiger partial charge in [0.1, 0.15) is 0 Å². The fourth-order valence-corrected chi connectivity index (χ4v) is 1.67. The molecule has 0 aliphatic carbocycles. The van der Waals surface area contributed by atoms with E-state index >= 15 is 0 Å². The fraction of sp³-hybridized carbons (Fsp3) is 0.467. The van der Waals surface area contributed by atoms with Crippen molar-refractivity contribution >= 4 is 5.95 Å². The summed E-state index contributed by atoms with van der Waals surface area (Å²) in [6.07, 6.45) is 5.58. The number of aromatic nitrogens is 2. The van der Waals surface area contributed by atoms with Crippen molar-refractivity contribution in [3.63, 3.8) is 0 Å². The molecule has 4 nitrogen and oxygen atoms in total. The molecule has 1 N–H and O–H groups in total. The highest BCUT2D eigenvalue weighted by Gasteiger charge is 2.09. The summed E-state index contributed by atoms with van der Waals surface area (Å²) in [5, 5.41) is 3.38. The van der Waals surface area contributed by atoms with Crippen molar-refractivity contribution < 1.29 is 0 Å². The van der Waals surface area contributed by atoms with E-state index in [2.05, 4.69) is 42.3 Å². The third kappa shape index (κ3) is 4.83. The van der Waals surface area contributed by atoms with Crippen LogP contribution in [0, 0.1) is 6.92 Å². The monoisotopic (exact) mass is 260 g/mol. The van der Waals surface area contributed by atoms with Crippen molar-refractivity contribution in [3.05, 3.63) is 42.8 Å². The van der Waals surface area contributed by atoms with Gasteiger partial charge in [-0.25, -0.2) is 9.97 Å². The van der Waals surface area contributed by atoms with Crippen molar-refractivity contribution in [2.24, 2.45) is 0 Å². The van der Waals surface area contributed by atoms with Crippen LogP contribution in [0.25, 0.3) is 0 Å². The molecular weight excluding hydrogens is 236 g/mol. The minimum atomic E-state index is 0.456. The maximum Gasteiger partial charge on any atom is 0.226 e. The van der Waals surface area contributed by atoms with Crippen molar-refractivity contribution in [1.82, 2.24) is 15.3 Å². The molecule has 0 spiro atoms. The van der Waals surface area contributed by atoms with Crippen LogP contribution in [-0.2, 0) is 6.54 Å². The number of nitrogens with zero attached hydrogens (tertiary/aromatic N) is 3. The molecule has 1 rings (SSSR count). The third-order valence-electron chi connectivity index (χ3n) is 2.75. The molecule has 0 saturated heterocycles. The lowest BCUT2D eigenvalue weighted by Crippen LogP contribution is -2.26. The van der Waals surface area contributed by atoms with Gasteiger partial charge < -0.3 is 10.2 Å². The highest BCUT2D eigenvalue weighted by Crippen LogP contribution is 2.11. The SMILES string of the molecule is C=CCN(CC=C)c1ncc(CNC(C)C)c(C)n1. The minimum Gasteiger partial charge on any atom is -0.333 e. The summed E-state index contributed by atoms with van der Waals surface area (Å²) in [6, 6.07) is 0.456. The molecule has 1 aromatic rings. The van der Waals surface area contributed by atoms with Crippen LogP contribution in [0.2, 0.25) is 0 Å². The molecule has 0 amide bonds. The fourth-order valence-electron chi connectivity index (χ4n) is 1.67. The molecule has 104 valence electrons. The number of rotatable bonds is 8. The van der Waals surface area contributed by atoms with E-state index in [4.69, 9.17) is 0 Å². The topological polar surface area (TPSA) is 41.1 Å². The van der Waals surface area contributed by atoms with E-state index in [0.29, 0.717) is 6.04 Å². The second-order valence-electron chi connectivity index (χ2n) is 4.80. The molecule has 0 aromatic carbocycles. The molecule has 0 radical (unpaired) electrons. The highest BCUT2D eigenvalue weighted by atomic mass is 15.2. The van der Waals surface area contributed by atoms with E-state index in [1.807, 2.05) is 30.2 Å². The van der Waals surface area contributed by atoms with Crippen molar-refractivity contribution in [1.29, 1.82) is 0 Å². The van der Waals surface area contributed by atoms with Crippen molar-refractivity contribution in [2.75, 3.05) is 18.0 Å². The smallest absolute Gasteiger partial charge is 0.226 e. The Bertz CT molecular complexity index is 416. The Kier molecular flexibility index (Phi) is 6.22. The average Bonchev–Trinajstić information content (AvgIpc) is 2.37. The quantitative estimate of drug-likeness (QED) is 0.729. The average molecular weight is 260 g/mol. The first-order valence-corrected chi connectivity index (χ1v) is 6.61. The minimum absolute atomic E-state index is 0.456. The number of hydrogen-bond donors (Lipinski definition) is 1. The van der Waals surface area contributed by atoms with E-state index in [-0.39, 0.29) is 0 Å². The standard InChI is InChI=1S/C15H24N4/c1-6-8-19(9-7-2)15-17-11-14(13(5)18-15)10-16-12(3)4/h6-7,11-12,16H,1-2,8-10H2,3-5H3. The maximum absolute atomic E-state index is 4.57. The maximum atomic E-state index is 4.57. The zero-order valence-electron chi connectivity index (χ0n) is 12.2. The summed E-state index contributed by atoms with van der Waals surface area (Å²) in [7, 11) is 0. The molecule has 0 fully saturated rings. The molecule has 0 bridgehead atoms. The van der Waals surface area contributed by atoms with Crippen LogP contribution >= 0.6 is 0 Å². The number of anilines is 1. The summed E-state index contributed by atoms with van der Waals surface area (Å²) < 4.78 is 0. The van der Waals surface area contributed by atoms with Crippen LogP contribution < -0.4 is 10.2 Å². The zero-order chi connectivity index (χ0) is 14.3. The van der Waals surface area contributed by atoms with Gasteiger partial charge in [-0.05, 0) is 6.92 Å². The summed E-state index contributed by atoms with van der Waals surface area (Å²) in [5.41, 5.74) is 2.14. The Morgan fingerprint density at radius 1 is 1.32 bits per heavy atom. The summed E-state index contributed by atoms with van der Waals surface area (Å²) >= 11 is 0. The number of hydrogen-bond acceptors (Lipinski definition) is 4. The molecule has 1 heterocycles. The molecule has 0 unspecified atom stereocenters. The lowest BCUT2D eigenvalue weighted by atomic mass is 10.2. The van der Waals surface area contributed by atoms with E-state index < -0.39 is 0 Å². The molecule has 19 heavy (non-hydrogen) atoms. The normalized spacial score (nSPS) is 10.5. The summed E-state index contributed by atoms with van der Waals surface area (Å²) in [6.45, 7) is 16.0. The molecule has 0 aliphatic rings. The Morgan fingerprint density at radius 2 is 1.95 bits per heavy atom. The van der Waals surface area contributed by atoms with Crippen LogP contribution in [0.5, 0.6) is 0 Å². The Balaban J connectivity index is 2.84. The lowest BCUT2D eigenvalue weighted by molar-refractivity contribution is 0.584. The van der Waals surface area contributed by atoms with Gasteiger partial charge in [-0.1, -0.05) is 26.0 Å². The van der Waals surface area contributed by atoms with E-state index in [1.54, 1.807) is 0 Å². The van der Waals surface area contributed by atoms with Gasteiger partial charge in [-0.3, -0.25) is 0 Å². The van der Waals surface area contributed by atoms with Gasteiger partial charge >= 0.3 is 0 Å². The van der Waals surface area contributed by atoms with Gasteiger partial charge in [-0.2, -0.15) is 0 Å². The number of nitrogens with one attached hydrogen (secondary N) is 1. The predicted octanol–water partition coefficient (Wildman–Crippen LogP) is 2.46. The highest BCUT2D eigenvalue weighted by molar-refractivity contribution is 5.34. The first kappa shape index (κ1) is 15.4. The van der Waals surface area contributed by atoms with Crippen LogP contribution in [0.1, 0.15) is 25.1 Å². The van der Waals surface area contributed by atoms with E-state index in [1.165, 1.54) is 0 Å². The van der Waals surface area contributed by atoms with Crippen molar-refractivity contribution in [2.45, 2.75) is 33.4 Å². The van der Waals surface area contributed by atoms with E-state index in [9.17, 15) is 0 Å². The molecule has 4 heteroatoms. The van der Waals surface area contributed by atoms with Gasteiger partial charge in [0.2, 0.25) is 5.95 Å². The van der Waals surface area contributed by atoms with Gasteiger partial charge in [0.05, 0.1) is 0 Å². The predicted molar refractivity (Wildman–Crippen MR) is 81.4 cm³/mol. The van der Waals surface area contributed by atoms with Gasteiger partial charge in [0, 0.05) is 43.1 Å². The van der Waals surface area contributed by atoms with Gasteiger partial charge in [0.25, 0.3) is 0 Å². The van der Waals surface area contributed by atoms with Crippen LogP contribution in [0.4, 0.5) is 5.95 Å². The Labute approximate surface area is 116 Å². The number of aryl methyl sites for hydroxylation is 1. The lowest BCUT2D eigenvalue weighted by Gasteiger charge is -2.20. The third-order valence-corrected chi connectivity index (χ3v) is 2.75. The molecule has 1 aromatic heterocycles. The van der Waals surface area contributed by atoms with Crippen molar-refractivity contribution in [3.8, 4) is 0 Å². The van der Waals surface area contributed by atoms with Crippen LogP contribution in [0.15, 0.2) is 31.5 Å². The van der Waals surface area contributed by atoms with E-state index in [0.717, 1.165) is 36.8 Å². The van der Waals surface area contributed by atoms with Gasteiger partial charge in [0.15, 0.2) is 0 Å². The first-order chi connectivity index (χ1) is 9.08. The molecular formula is C15H24N4. The summed E-state index contributed by atoms with van der Waals surface area (Å²) in [4.78, 5) is 11.0. The van der Waals surface area contributed by atoms with Gasteiger partial charge in [-0.15, -0.1) is 13.2 Å². The second-order valence-corrected chi connectivity index (χ2v) is 4.80. The largest absolute Gasteiger partial charge is 0.333 e. The van der Waals surface area contributed by atoms with Crippen LogP contribution in [-0.4, -0.2) is 29.1 Å². The van der Waals surface area contributed by atoms with Crippen LogP contribution in [0.3, 0.4) is 0 Å². The second kappa shape index (κ2) is 7.69. The Morgan fingerprint density at radius 3 is 2.42 bits per heavy atom. The first-order valence-electron chi connectivity index (χ1n) is 6.61. The summed E-state index contributed by atoms with van der Waals surface area (Å²) in [5.74, 6) is 0.727. The Hall–Kier alpha value is -1.68. The molecule has 0 atom stereocenters. The molecule has 0 saturated carbocycles.